The van der Waals surface area contributed by atoms with Crippen LogP contribution >= 0.6 is 23.4 Å². The minimum absolute atomic E-state index is 0.0259. The van der Waals surface area contributed by atoms with Crippen LogP contribution in [-0.2, 0) is 4.79 Å². The van der Waals surface area contributed by atoms with Gasteiger partial charge in [0.25, 0.3) is 5.91 Å². The molecule has 6 heteroatoms. The molecule has 0 aromatic heterocycles. The highest BCUT2D eigenvalue weighted by molar-refractivity contribution is 8.00. The molecule has 0 saturated carbocycles. The fourth-order valence-corrected chi connectivity index (χ4v) is 4.55. The summed E-state index contributed by atoms with van der Waals surface area (Å²) in [5.74, 6) is 1.31. The summed E-state index contributed by atoms with van der Waals surface area (Å²) in [5, 5.41) is 3.60. The van der Waals surface area contributed by atoms with E-state index in [0.717, 1.165) is 6.42 Å². The van der Waals surface area contributed by atoms with E-state index in [1.807, 2.05) is 0 Å². The second-order valence-corrected chi connectivity index (χ2v) is 8.94. The van der Waals surface area contributed by atoms with E-state index in [0.29, 0.717) is 34.7 Å². The number of thioether (sulfide) groups is 1. The van der Waals surface area contributed by atoms with Gasteiger partial charge in [0.05, 0.1) is 5.37 Å². The third-order valence-corrected chi connectivity index (χ3v) is 5.64. The Balaban J connectivity index is 2.22. The molecule has 1 aliphatic heterocycles. The van der Waals surface area contributed by atoms with Gasteiger partial charge in [-0.25, -0.2) is 0 Å². The summed E-state index contributed by atoms with van der Waals surface area (Å²) in [6.45, 7) is 9.01. The molecule has 1 heterocycles. The normalized spacial score (nSPS) is 20.4. The maximum Gasteiger partial charge on any atom is 0.255 e. The molecule has 1 fully saturated rings. The average Bonchev–Trinajstić information content (AvgIpc) is 2.95. The van der Waals surface area contributed by atoms with Gasteiger partial charge in [-0.2, -0.15) is 0 Å². The highest BCUT2D eigenvalue weighted by Gasteiger charge is 2.41. The van der Waals surface area contributed by atoms with Crippen molar-refractivity contribution in [1.82, 2.24) is 10.2 Å². The fraction of sp³-hybridized carbons (Fsp3) is 0.579. The molecule has 0 spiro atoms. The van der Waals surface area contributed by atoms with Gasteiger partial charge >= 0.3 is 0 Å². The van der Waals surface area contributed by atoms with Crippen LogP contribution in [0.5, 0.6) is 0 Å². The van der Waals surface area contributed by atoms with Crippen LogP contribution in [0, 0.1) is 11.8 Å². The molecule has 1 saturated heterocycles. The molecule has 25 heavy (non-hydrogen) atoms. The number of hydrogen-bond donors (Lipinski definition) is 1. The van der Waals surface area contributed by atoms with E-state index in [1.54, 1.807) is 40.9 Å². The number of benzene rings is 1. The van der Waals surface area contributed by atoms with Crippen molar-refractivity contribution in [2.45, 2.75) is 45.5 Å². The van der Waals surface area contributed by atoms with Gasteiger partial charge in [-0.1, -0.05) is 39.3 Å². The molecule has 1 N–H and O–H groups in total. The van der Waals surface area contributed by atoms with E-state index in [2.05, 4.69) is 33.0 Å². The monoisotopic (exact) mass is 382 g/mol. The summed E-state index contributed by atoms with van der Waals surface area (Å²) in [5.41, 5.74) is 0.572. The molecule has 0 bridgehead atoms. The Labute approximate surface area is 159 Å². The van der Waals surface area contributed by atoms with Crippen LogP contribution in [-0.4, -0.2) is 40.4 Å². The number of nitrogens with zero attached hydrogens (tertiary/aromatic N) is 1. The van der Waals surface area contributed by atoms with Crippen molar-refractivity contribution in [3.63, 3.8) is 0 Å². The Hall–Kier alpha value is -1.20. The summed E-state index contributed by atoms with van der Waals surface area (Å²) in [6, 6.07) is 6.45. The summed E-state index contributed by atoms with van der Waals surface area (Å²) < 4.78 is 0. The van der Waals surface area contributed by atoms with Crippen LogP contribution < -0.4 is 5.32 Å². The van der Waals surface area contributed by atoms with Crippen LogP contribution in [0.2, 0.25) is 5.02 Å². The second-order valence-electron chi connectivity index (χ2n) is 7.29. The maximum absolute atomic E-state index is 13.1. The fourth-order valence-electron chi connectivity index (χ4n) is 2.79. The Morgan fingerprint density at radius 3 is 2.40 bits per heavy atom. The van der Waals surface area contributed by atoms with Gasteiger partial charge in [-0.05, 0) is 42.5 Å². The number of nitrogens with one attached hydrogen (secondary N) is 1. The predicted octanol–water partition coefficient (Wildman–Crippen LogP) is 4.04. The molecule has 2 amide bonds. The molecular weight excluding hydrogens is 356 g/mol. The first-order valence-corrected chi connectivity index (χ1v) is 10.2. The van der Waals surface area contributed by atoms with Gasteiger partial charge in [-0.3, -0.25) is 9.59 Å². The summed E-state index contributed by atoms with van der Waals surface area (Å²) >= 11 is 7.62. The molecule has 2 rings (SSSR count). The van der Waals surface area contributed by atoms with Crippen molar-refractivity contribution in [3.05, 3.63) is 34.9 Å². The first-order chi connectivity index (χ1) is 11.8. The largest absolute Gasteiger partial charge is 0.354 e. The number of halogens is 1. The van der Waals surface area contributed by atoms with Crippen molar-refractivity contribution in [2.75, 3.05) is 12.3 Å². The van der Waals surface area contributed by atoms with Crippen LogP contribution in [0.15, 0.2) is 24.3 Å². The second kappa shape index (κ2) is 8.95. The smallest absolute Gasteiger partial charge is 0.255 e. The standard InChI is InChI=1S/C19H27ClN2O2S/c1-12(2)9-17-22(19(24)14-5-7-15(20)8-6-14)16(11-25-17)18(23)21-10-13(3)4/h5-8,12-13,16-17H,9-11H2,1-4H3,(H,21,23)/t16-,17+/m0/s1. The van der Waals surface area contributed by atoms with Crippen molar-refractivity contribution in [1.29, 1.82) is 0 Å². The van der Waals surface area contributed by atoms with Crippen molar-refractivity contribution in [3.8, 4) is 0 Å². The Morgan fingerprint density at radius 1 is 1.20 bits per heavy atom. The van der Waals surface area contributed by atoms with Crippen molar-refractivity contribution < 1.29 is 9.59 Å². The maximum atomic E-state index is 13.1. The number of carbonyl (C=O) groups excluding carboxylic acids is 2. The minimum Gasteiger partial charge on any atom is -0.354 e. The van der Waals surface area contributed by atoms with E-state index >= 15 is 0 Å². The molecule has 1 aliphatic rings. The lowest BCUT2D eigenvalue weighted by Gasteiger charge is -2.30. The Bertz CT molecular complexity index is 604. The first-order valence-electron chi connectivity index (χ1n) is 8.77. The average molecular weight is 383 g/mol. The lowest BCUT2D eigenvalue weighted by atomic mass is 10.1. The molecule has 1 aromatic rings. The minimum atomic E-state index is -0.421. The topological polar surface area (TPSA) is 49.4 Å². The number of carbonyl (C=O) groups is 2. The number of hydrogen-bond acceptors (Lipinski definition) is 3. The quantitative estimate of drug-likeness (QED) is 0.807. The van der Waals surface area contributed by atoms with E-state index in [4.69, 9.17) is 11.6 Å². The van der Waals surface area contributed by atoms with Crippen LogP contribution in [0.4, 0.5) is 0 Å². The third-order valence-electron chi connectivity index (χ3n) is 4.08. The Kier molecular flexibility index (Phi) is 7.20. The molecule has 0 radical (unpaired) electrons. The predicted molar refractivity (Wildman–Crippen MR) is 105 cm³/mol. The molecule has 0 aliphatic carbocycles. The van der Waals surface area contributed by atoms with Gasteiger partial charge in [-0.15, -0.1) is 11.8 Å². The molecule has 4 nitrogen and oxygen atoms in total. The summed E-state index contributed by atoms with van der Waals surface area (Å²) in [7, 11) is 0. The summed E-state index contributed by atoms with van der Waals surface area (Å²) in [4.78, 5) is 27.5. The molecule has 2 atom stereocenters. The van der Waals surface area contributed by atoms with Crippen molar-refractivity contribution in [2.24, 2.45) is 11.8 Å². The van der Waals surface area contributed by atoms with E-state index < -0.39 is 6.04 Å². The van der Waals surface area contributed by atoms with Crippen LogP contribution in [0.25, 0.3) is 0 Å². The molecule has 1 aromatic carbocycles. The van der Waals surface area contributed by atoms with Gasteiger partial charge in [0.15, 0.2) is 0 Å². The van der Waals surface area contributed by atoms with Crippen molar-refractivity contribution >= 4 is 35.2 Å². The van der Waals surface area contributed by atoms with E-state index in [1.165, 1.54) is 0 Å². The molecular formula is C19H27ClN2O2S. The highest BCUT2D eigenvalue weighted by atomic mass is 35.5. The number of rotatable bonds is 6. The van der Waals surface area contributed by atoms with E-state index in [-0.39, 0.29) is 17.2 Å². The molecule has 0 unspecified atom stereocenters. The lowest BCUT2D eigenvalue weighted by Crippen LogP contribution is -2.50. The van der Waals surface area contributed by atoms with Gasteiger partial charge < -0.3 is 10.2 Å². The SMILES string of the molecule is CC(C)CNC(=O)[C@@H]1CS[C@H](CC(C)C)N1C(=O)c1ccc(Cl)cc1. The Morgan fingerprint density at radius 2 is 1.84 bits per heavy atom. The first kappa shape index (κ1) is 20.1. The summed E-state index contributed by atoms with van der Waals surface area (Å²) in [6.07, 6.45) is 0.873. The van der Waals surface area contributed by atoms with Gasteiger partial charge in [0.2, 0.25) is 5.91 Å². The van der Waals surface area contributed by atoms with Gasteiger partial charge in [0, 0.05) is 22.9 Å². The number of amides is 2. The zero-order valence-electron chi connectivity index (χ0n) is 15.3. The highest BCUT2D eigenvalue weighted by Crippen LogP contribution is 2.34. The molecule has 138 valence electrons. The third kappa shape index (κ3) is 5.38. The van der Waals surface area contributed by atoms with E-state index in [9.17, 15) is 9.59 Å². The zero-order chi connectivity index (χ0) is 18.6. The van der Waals surface area contributed by atoms with Gasteiger partial charge in [0.1, 0.15) is 6.04 Å². The zero-order valence-corrected chi connectivity index (χ0v) is 16.9. The van der Waals surface area contributed by atoms with Crippen LogP contribution in [0.3, 0.4) is 0 Å². The van der Waals surface area contributed by atoms with Crippen LogP contribution in [0.1, 0.15) is 44.5 Å². The lowest BCUT2D eigenvalue weighted by molar-refractivity contribution is -0.125.